The molecule has 142 valence electrons. The van der Waals surface area contributed by atoms with E-state index in [0.717, 1.165) is 27.4 Å². The summed E-state index contributed by atoms with van der Waals surface area (Å²) in [6.45, 7) is 2.03. The molecule has 0 bridgehead atoms. The van der Waals surface area contributed by atoms with E-state index in [4.69, 9.17) is 0 Å². The summed E-state index contributed by atoms with van der Waals surface area (Å²) >= 11 is 3.20. The van der Waals surface area contributed by atoms with Crippen LogP contribution in [0.3, 0.4) is 0 Å². The highest BCUT2D eigenvalue weighted by atomic mass is 32.2. The van der Waals surface area contributed by atoms with Crippen LogP contribution in [0.15, 0.2) is 66.0 Å². The van der Waals surface area contributed by atoms with E-state index in [9.17, 15) is 9.59 Å². The largest absolute Gasteiger partial charge is 0.326 e. The molecule has 0 aliphatic carbocycles. The third-order valence-corrected chi connectivity index (χ3v) is 6.63. The number of benzene rings is 2. The molecule has 0 spiro atoms. The molecular weight excluding hydrogens is 388 g/mol. The van der Waals surface area contributed by atoms with E-state index in [-0.39, 0.29) is 17.2 Å². The lowest BCUT2D eigenvalue weighted by molar-refractivity contribution is -0.116. The van der Waals surface area contributed by atoms with Gasteiger partial charge in [0.05, 0.1) is 12.2 Å². The van der Waals surface area contributed by atoms with Gasteiger partial charge in [0.2, 0.25) is 11.8 Å². The minimum atomic E-state index is -0.0508. The fraction of sp³-hybridized carbons (Fsp3) is 0.182. The highest BCUT2D eigenvalue weighted by Gasteiger charge is 2.34. The first-order valence-electron chi connectivity index (χ1n) is 9.03. The number of thioether (sulfide) groups is 1. The van der Waals surface area contributed by atoms with Gasteiger partial charge in [0.1, 0.15) is 5.37 Å². The summed E-state index contributed by atoms with van der Waals surface area (Å²) < 4.78 is 0. The number of amides is 2. The second kappa shape index (κ2) is 8.20. The standard InChI is InChI=1S/C22H20N2O2S2/c1-15-4-2-5-18(12-15)24-21(26)14-28-22(24)16-7-9-17(10-8-16)23-20(25)13-19-6-3-11-27-19/h2-12,22H,13-14H2,1H3,(H,23,25). The quantitative estimate of drug-likeness (QED) is 0.645. The molecule has 1 aromatic heterocycles. The van der Waals surface area contributed by atoms with Gasteiger partial charge in [-0.15, -0.1) is 23.1 Å². The van der Waals surface area contributed by atoms with Gasteiger partial charge >= 0.3 is 0 Å². The van der Waals surface area contributed by atoms with Crippen molar-refractivity contribution in [2.75, 3.05) is 16.0 Å². The van der Waals surface area contributed by atoms with E-state index in [0.29, 0.717) is 12.2 Å². The van der Waals surface area contributed by atoms with Crippen molar-refractivity contribution >= 4 is 46.3 Å². The van der Waals surface area contributed by atoms with Gasteiger partial charge in [-0.25, -0.2) is 0 Å². The normalized spacial score (nSPS) is 16.4. The third kappa shape index (κ3) is 4.13. The van der Waals surface area contributed by atoms with Gasteiger partial charge in [0, 0.05) is 16.3 Å². The molecule has 2 heterocycles. The molecule has 1 aliphatic rings. The molecule has 2 amide bonds. The number of aryl methyl sites for hydroxylation is 1. The number of anilines is 2. The molecule has 4 nitrogen and oxygen atoms in total. The maximum absolute atomic E-state index is 12.5. The predicted octanol–water partition coefficient (Wildman–Crippen LogP) is 5.02. The van der Waals surface area contributed by atoms with Crippen LogP contribution in [0.5, 0.6) is 0 Å². The van der Waals surface area contributed by atoms with Crippen molar-refractivity contribution in [3.8, 4) is 0 Å². The first-order chi connectivity index (χ1) is 13.6. The second-order valence-corrected chi connectivity index (χ2v) is 8.79. The summed E-state index contributed by atoms with van der Waals surface area (Å²) in [6.07, 6.45) is 0.382. The lowest BCUT2D eigenvalue weighted by Gasteiger charge is -2.25. The van der Waals surface area contributed by atoms with Crippen LogP contribution in [-0.2, 0) is 16.0 Å². The molecule has 1 fully saturated rings. The van der Waals surface area contributed by atoms with Gasteiger partial charge in [-0.05, 0) is 53.8 Å². The average molecular weight is 409 g/mol. The fourth-order valence-corrected chi connectivity index (χ4v) is 5.12. The topological polar surface area (TPSA) is 49.4 Å². The van der Waals surface area contributed by atoms with Crippen LogP contribution in [0, 0.1) is 6.92 Å². The first-order valence-corrected chi connectivity index (χ1v) is 11.0. The number of thiophene rings is 1. The Morgan fingerprint density at radius 1 is 1.14 bits per heavy atom. The summed E-state index contributed by atoms with van der Waals surface area (Å²) in [7, 11) is 0. The van der Waals surface area contributed by atoms with Crippen LogP contribution in [-0.4, -0.2) is 17.6 Å². The number of carbonyl (C=O) groups excluding carboxylic acids is 2. The molecule has 1 atom stereocenters. The van der Waals surface area contributed by atoms with E-state index in [1.807, 2.05) is 77.9 Å². The first kappa shape index (κ1) is 18.8. The molecule has 6 heteroatoms. The van der Waals surface area contributed by atoms with Gasteiger partial charge in [-0.1, -0.05) is 30.3 Å². The molecule has 1 unspecified atom stereocenters. The molecule has 3 aromatic rings. The summed E-state index contributed by atoms with van der Waals surface area (Å²) in [5, 5.41) is 4.86. The molecule has 2 aromatic carbocycles. The van der Waals surface area contributed by atoms with Crippen LogP contribution in [0.1, 0.15) is 21.4 Å². The van der Waals surface area contributed by atoms with Crippen LogP contribution in [0.2, 0.25) is 0 Å². The number of hydrogen-bond acceptors (Lipinski definition) is 4. The smallest absolute Gasteiger partial charge is 0.238 e. The van der Waals surface area contributed by atoms with Crippen LogP contribution in [0.4, 0.5) is 11.4 Å². The Hall–Kier alpha value is -2.57. The number of carbonyl (C=O) groups is 2. The Bertz CT molecular complexity index is 984. The Kier molecular flexibility index (Phi) is 5.50. The van der Waals surface area contributed by atoms with Gasteiger partial charge in [-0.3, -0.25) is 14.5 Å². The Labute approximate surface area is 172 Å². The Balaban J connectivity index is 1.48. The van der Waals surface area contributed by atoms with Crippen molar-refractivity contribution in [2.45, 2.75) is 18.7 Å². The molecule has 4 rings (SSSR count). The molecule has 1 aliphatic heterocycles. The van der Waals surface area contributed by atoms with Crippen LogP contribution < -0.4 is 10.2 Å². The molecule has 0 saturated carbocycles. The van der Waals surface area contributed by atoms with Crippen molar-refractivity contribution in [2.24, 2.45) is 0 Å². The zero-order valence-electron chi connectivity index (χ0n) is 15.4. The van der Waals surface area contributed by atoms with E-state index >= 15 is 0 Å². The lowest BCUT2D eigenvalue weighted by atomic mass is 10.1. The zero-order valence-corrected chi connectivity index (χ0v) is 17.1. The molecule has 1 saturated heterocycles. The van der Waals surface area contributed by atoms with Gasteiger partial charge in [0.15, 0.2) is 0 Å². The number of hydrogen-bond donors (Lipinski definition) is 1. The van der Waals surface area contributed by atoms with Crippen molar-refractivity contribution in [3.63, 3.8) is 0 Å². The van der Waals surface area contributed by atoms with Crippen molar-refractivity contribution in [1.82, 2.24) is 0 Å². The van der Waals surface area contributed by atoms with Crippen LogP contribution >= 0.6 is 23.1 Å². The minimum absolute atomic E-state index is 0.0259. The fourth-order valence-electron chi connectivity index (χ4n) is 3.24. The van der Waals surface area contributed by atoms with E-state index in [1.165, 1.54) is 0 Å². The van der Waals surface area contributed by atoms with E-state index in [2.05, 4.69) is 5.32 Å². The zero-order chi connectivity index (χ0) is 19.5. The number of rotatable bonds is 5. The number of nitrogens with one attached hydrogen (secondary N) is 1. The SMILES string of the molecule is Cc1cccc(N2C(=O)CSC2c2ccc(NC(=O)Cc3cccs3)cc2)c1. The minimum Gasteiger partial charge on any atom is -0.326 e. The molecule has 28 heavy (non-hydrogen) atoms. The third-order valence-electron chi connectivity index (χ3n) is 4.54. The highest BCUT2D eigenvalue weighted by molar-refractivity contribution is 8.00. The molecule has 0 radical (unpaired) electrons. The van der Waals surface area contributed by atoms with E-state index in [1.54, 1.807) is 23.1 Å². The lowest BCUT2D eigenvalue weighted by Crippen LogP contribution is -2.27. The number of nitrogens with zero attached hydrogens (tertiary/aromatic N) is 1. The van der Waals surface area contributed by atoms with E-state index < -0.39 is 0 Å². The average Bonchev–Trinajstić information content (AvgIpc) is 3.32. The molecular formula is C22H20N2O2S2. The maximum Gasteiger partial charge on any atom is 0.238 e. The van der Waals surface area contributed by atoms with Crippen LogP contribution in [0.25, 0.3) is 0 Å². The summed E-state index contributed by atoms with van der Waals surface area (Å²) in [6, 6.07) is 19.7. The summed E-state index contributed by atoms with van der Waals surface area (Å²) in [4.78, 5) is 27.6. The monoisotopic (exact) mass is 408 g/mol. The molecule has 1 N–H and O–H groups in total. The second-order valence-electron chi connectivity index (χ2n) is 6.69. The van der Waals surface area contributed by atoms with Crippen molar-refractivity contribution < 1.29 is 9.59 Å². The van der Waals surface area contributed by atoms with Gasteiger partial charge in [0.25, 0.3) is 0 Å². The van der Waals surface area contributed by atoms with Crippen molar-refractivity contribution in [1.29, 1.82) is 0 Å². The van der Waals surface area contributed by atoms with Gasteiger partial charge in [-0.2, -0.15) is 0 Å². The Morgan fingerprint density at radius 3 is 2.68 bits per heavy atom. The maximum atomic E-state index is 12.5. The Morgan fingerprint density at radius 2 is 1.96 bits per heavy atom. The predicted molar refractivity (Wildman–Crippen MR) is 117 cm³/mol. The summed E-state index contributed by atoms with van der Waals surface area (Å²) in [5.41, 5.74) is 3.87. The summed E-state index contributed by atoms with van der Waals surface area (Å²) in [5.74, 6) is 0.564. The van der Waals surface area contributed by atoms with Gasteiger partial charge < -0.3 is 5.32 Å². The highest BCUT2D eigenvalue weighted by Crippen LogP contribution is 2.42. The van der Waals surface area contributed by atoms with Crippen molar-refractivity contribution in [3.05, 3.63) is 82.0 Å².